The number of nitrogens with zero attached hydrogens (tertiary/aromatic N) is 1. The Morgan fingerprint density at radius 3 is 2.53 bits per heavy atom. The van der Waals surface area contributed by atoms with Crippen molar-refractivity contribution in [2.75, 3.05) is 12.4 Å². The number of anilines is 1. The zero-order valence-electron chi connectivity index (χ0n) is 11.5. The summed E-state index contributed by atoms with van der Waals surface area (Å²) in [6.07, 6.45) is 0.492. The minimum atomic E-state index is -0.878. The fourth-order valence-corrected chi connectivity index (χ4v) is 1.69. The number of carbonyl (C=O) groups is 2. The van der Waals surface area contributed by atoms with Gasteiger partial charge in [-0.25, -0.2) is 4.79 Å². The normalized spacial score (nSPS) is 11.7. The smallest absolute Gasteiger partial charge is 0.326 e. The highest BCUT2D eigenvalue weighted by molar-refractivity contribution is 5.78. The standard InChI is InChI=1S/C14H20N2O3/c1-4-12(14(18)19)15-13-8-6-5-7-11(13)9-16(3)10(2)17/h5-8,12,15H,4,9H2,1-3H3,(H,18,19). The molecule has 0 aliphatic heterocycles. The van der Waals surface area contributed by atoms with Gasteiger partial charge < -0.3 is 15.3 Å². The Hall–Kier alpha value is -2.04. The van der Waals surface area contributed by atoms with E-state index in [4.69, 9.17) is 5.11 Å². The average molecular weight is 264 g/mol. The van der Waals surface area contributed by atoms with Gasteiger partial charge in [0.1, 0.15) is 6.04 Å². The Morgan fingerprint density at radius 2 is 2.00 bits per heavy atom. The predicted molar refractivity (Wildman–Crippen MR) is 73.9 cm³/mol. The Bertz CT molecular complexity index is 460. The van der Waals surface area contributed by atoms with Gasteiger partial charge in [0, 0.05) is 26.2 Å². The van der Waals surface area contributed by atoms with Gasteiger partial charge in [-0.2, -0.15) is 0 Å². The maximum absolute atomic E-state index is 11.3. The molecule has 0 saturated heterocycles. The Kier molecular flexibility index (Phi) is 5.36. The van der Waals surface area contributed by atoms with Crippen LogP contribution in [0.1, 0.15) is 25.8 Å². The van der Waals surface area contributed by atoms with E-state index in [1.54, 1.807) is 11.9 Å². The zero-order chi connectivity index (χ0) is 14.4. The third kappa shape index (κ3) is 4.28. The Balaban J connectivity index is 2.89. The van der Waals surface area contributed by atoms with Crippen molar-refractivity contribution in [3.05, 3.63) is 29.8 Å². The van der Waals surface area contributed by atoms with Gasteiger partial charge in [0.25, 0.3) is 0 Å². The first-order chi connectivity index (χ1) is 8.95. The molecule has 0 fully saturated rings. The highest BCUT2D eigenvalue weighted by atomic mass is 16.4. The molecule has 19 heavy (non-hydrogen) atoms. The van der Waals surface area contributed by atoms with Crippen LogP contribution in [0.3, 0.4) is 0 Å². The Labute approximate surface area is 113 Å². The van der Waals surface area contributed by atoms with Crippen molar-refractivity contribution in [3.63, 3.8) is 0 Å². The zero-order valence-corrected chi connectivity index (χ0v) is 11.5. The third-order valence-corrected chi connectivity index (χ3v) is 3.00. The molecule has 2 N–H and O–H groups in total. The van der Waals surface area contributed by atoms with E-state index >= 15 is 0 Å². The monoisotopic (exact) mass is 264 g/mol. The topological polar surface area (TPSA) is 69.6 Å². The maximum Gasteiger partial charge on any atom is 0.326 e. The van der Waals surface area contributed by atoms with Gasteiger partial charge in [0.2, 0.25) is 5.91 Å². The number of aliphatic carboxylic acids is 1. The van der Waals surface area contributed by atoms with Crippen LogP contribution in [0.4, 0.5) is 5.69 Å². The summed E-state index contributed by atoms with van der Waals surface area (Å²) in [5.74, 6) is -0.905. The number of hydrogen-bond donors (Lipinski definition) is 2. The van der Waals surface area contributed by atoms with Gasteiger partial charge in [-0.1, -0.05) is 25.1 Å². The second-order valence-corrected chi connectivity index (χ2v) is 4.48. The van der Waals surface area contributed by atoms with Gasteiger partial charge in [0.15, 0.2) is 0 Å². The summed E-state index contributed by atoms with van der Waals surface area (Å²) in [5.41, 5.74) is 1.66. The van der Waals surface area contributed by atoms with E-state index in [9.17, 15) is 9.59 Å². The summed E-state index contributed by atoms with van der Waals surface area (Å²) in [4.78, 5) is 23.9. The number of benzene rings is 1. The van der Waals surface area contributed by atoms with Crippen LogP contribution in [0, 0.1) is 0 Å². The molecule has 0 heterocycles. The molecule has 1 unspecified atom stereocenters. The van der Waals surface area contributed by atoms with Crippen molar-refractivity contribution in [2.24, 2.45) is 0 Å². The minimum Gasteiger partial charge on any atom is -0.480 e. The second kappa shape index (κ2) is 6.78. The largest absolute Gasteiger partial charge is 0.480 e. The lowest BCUT2D eigenvalue weighted by Gasteiger charge is -2.20. The molecule has 0 bridgehead atoms. The van der Waals surface area contributed by atoms with E-state index in [1.807, 2.05) is 31.2 Å². The number of para-hydroxylation sites is 1. The maximum atomic E-state index is 11.3. The lowest BCUT2D eigenvalue weighted by molar-refractivity contribution is -0.138. The molecule has 0 aliphatic rings. The summed E-state index contributed by atoms with van der Waals surface area (Å²) in [7, 11) is 1.72. The molecular formula is C14H20N2O3. The molecule has 1 amide bonds. The van der Waals surface area contributed by atoms with Gasteiger partial charge in [-0.15, -0.1) is 0 Å². The number of hydrogen-bond acceptors (Lipinski definition) is 3. The molecule has 1 atom stereocenters. The first kappa shape index (κ1) is 15.0. The molecule has 104 valence electrons. The van der Waals surface area contributed by atoms with Crippen molar-refractivity contribution < 1.29 is 14.7 Å². The molecule has 0 aromatic heterocycles. The lowest BCUT2D eigenvalue weighted by atomic mass is 10.1. The van der Waals surface area contributed by atoms with Gasteiger partial charge >= 0.3 is 5.97 Å². The fourth-order valence-electron chi connectivity index (χ4n) is 1.69. The Morgan fingerprint density at radius 1 is 1.37 bits per heavy atom. The van der Waals surface area contributed by atoms with E-state index in [0.29, 0.717) is 13.0 Å². The summed E-state index contributed by atoms with van der Waals surface area (Å²) >= 11 is 0. The number of rotatable bonds is 6. The van der Waals surface area contributed by atoms with E-state index in [1.165, 1.54) is 6.92 Å². The van der Waals surface area contributed by atoms with Crippen LogP contribution in [0.25, 0.3) is 0 Å². The third-order valence-electron chi connectivity index (χ3n) is 3.00. The molecule has 1 aromatic rings. The van der Waals surface area contributed by atoms with E-state index in [2.05, 4.69) is 5.32 Å². The molecule has 0 aliphatic carbocycles. The van der Waals surface area contributed by atoms with Crippen molar-refractivity contribution in [1.82, 2.24) is 4.90 Å². The van der Waals surface area contributed by atoms with Crippen LogP contribution in [0.15, 0.2) is 24.3 Å². The molecule has 5 heteroatoms. The molecular weight excluding hydrogens is 244 g/mol. The summed E-state index contributed by atoms with van der Waals surface area (Å²) in [6.45, 7) is 3.77. The molecule has 1 rings (SSSR count). The van der Waals surface area contributed by atoms with Crippen LogP contribution in [-0.2, 0) is 16.1 Å². The van der Waals surface area contributed by atoms with Gasteiger partial charge in [0.05, 0.1) is 0 Å². The minimum absolute atomic E-state index is 0.0277. The van der Waals surface area contributed by atoms with Crippen molar-refractivity contribution >= 4 is 17.6 Å². The quantitative estimate of drug-likeness (QED) is 0.823. The SMILES string of the molecule is CCC(Nc1ccccc1CN(C)C(C)=O)C(=O)O. The number of carbonyl (C=O) groups excluding carboxylic acids is 1. The highest BCUT2D eigenvalue weighted by Gasteiger charge is 2.16. The average Bonchev–Trinajstić information content (AvgIpc) is 2.37. The summed E-state index contributed by atoms with van der Waals surface area (Å²) in [6, 6.07) is 6.80. The summed E-state index contributed by atoms with van der Waals surface area (Å²) in [5, 5.41) is 12.1. The van der Waals surface area contributed by atoms with Crippen LogP contribution in [0.5, 0.6) is 0 Å². The summed E-state index contributed by atoms with van der Waals surface area (Å²) < 4.78 is 0. The van der Waals surface area contributed by atoms with Crippen molar-refractivity contribution in [3.8, 4) is 0 Å². The van der Waals surface area contributed by atoms with E-state index in [-0.39, 0.29) is 5.91 Å². The lowest BCUT2D eigenvalue weighted by Crippen LogP contribution is -2.29. The van der Waals surface area contributed by atoms with Crippen LogP contribution in [-0.4, -0.2) is 35.0 Å². The molecule has 0 radical (unpaired) electrons. The molecule has 1 aromatic carbocycles. The molecule has 5 nitrogen and oxygen atoms in total. The highest BCUT2D eigenvalue weighted by Crippen LogP contribution is 2.18. The predicted octanol–water partition coefficient (Wildman–Crippen LogP) is 1.94. The molecule has 0 saturated carbocycles. The fraction of sp³-hybridized carbons (Fsp3) is 0.429. The van der Waals surface area contributed by atoms with Crippen LogP contribution < -0.4 is 5.32 Å². The first-order valence-corrected chi connectivity index (χ1v) is 6.24. The van der Waals surface area contributed by atoms with Crippen molar-refractivity contribution in [1.29, 1.82) is 0 Å². The second-order valence-electron chi connectivity index (χ2n) is 4.48. The van der Waals surface area contributed by atoms with Crippen LogP contribution >= 0.6 is 0 Å². The van der Waals surface area contributed by atoms with Crippen LogP contribution in [0.2, 0.25) is 0 Å². The molecule has 0 spiro atoms. The van der Waals surface area contributed by atoms with Crippen molar-refractivity contribution in [2.45, 2.75) is 32.9 Å². The van der Waals surface area contributed by atoms with E-state index < -0.39 is 12.0 Å². The van der Waals surface area contributed by atoms with Gasteiger partial charge in [-0.3, -0.25) is 4.79 Å². The van der Waals surface area contributed by atoms with Gasteiger partial charge in [-0.05, 0) is 18.1 Å². The number of carboxylic acids is 1. The van der Waals surface area contributed by atoms with E-state index in [0.717, 1.165) is 11.3 Å². The number of amides is 1. The first-order valence-electron chi connectivity index (χ1n) is 6.24. The number of carboxylic acid groups (broad SMARTS) is 1. The number of nitrogens with one attached hydrogen (secondary N) is 1.